The molecule has 0 bridgehead atoms. The molecule has 1 amide bonds. The highest BCUT2D eigenvalue weighted by atomic mass is 32.2. The molecule has 172 valence electrons. The zero-order valence-electron chi connectivity index (χ0n) is 18.9. The summed E-state index contributed by atoms with van der Waals surface area (Å²) in [5, 5.41) is 7.66. The van der Waals surface area contributed by atoms with Gasteiger partial charge in [-0.25, -0.2) is 9.07 Å². The van der Waals surface area contributed by atoms with Crippen molar-refractivity contribution in [2.24, 2.45) is 0 Å². The number of aryl methyl sites for hydroxylation is 1. The van der Waals surface area contributed by atoms with Gasteiger partial charge in [-0.15, -0.1) is 11.8 Å². The molecule has 4 rings (SSSR count). The number of halogens is 1. The van der Waals surface area contributed by atoms with Crippen LogP contribution in [0.4, 0.5) is 4.39 Å². The van der Waals surface area contributed by atoms with Gasteiger partial charge in [0, 0.05) is 28.3 Å². The second-order valence-corrected chi connectivity index (χ2v) is 9.17. The maximum absolute atomic E-state index is 13.7. The van der Waals surface area contributed by atoms with E-state index in [1.807, 2.05) is 30.7 Å². The molecule has 0 saturated carbocycles. The molecular formula is C25H26FN3O3S. The van der Waals surface area contributed by atoms with E-state index in [0.717, 1.165) is 45.3 Å². The van der Waals surface area contributed by atoms with Gasteiger partial charge >= 0.3 is 5.97 Å². The van der Waals surface area contributed by atoms with E-state index in [9.17, 15) is 14.0 Å². The molecule has 0 aliphatic carbocycles. The number of ether oxygens (including phenoxy) is 1. The summed E-state index contributed by atoms with van der Waals surface area (Å²) in [6.07, 6.45) is 1.62. The first-order valence-electron chi connectivity index (χ1n) is 10.8. The van der Waals surface area contributed by atoms with Crippen molar-refractivity contribution in [2.75, 3.05) is 12.9 Å². The highest BCUT2D eigenvalue weighted by molar-refractivity contribution is 7.99. The van der Waals surface area contributed by atoms with Crippen LogP contribution >= 0.6 is 11.8 Å². The minimum Gasteiger partial charge on any atom is -0.469 e. The van der Waals surface area contributed by atoms with Crippen molar-refractivity contribution in [3.05, 3.63) is 76.4 Å². The SMILES string of the molecule is COC(=O)CCc1c(C)nn(-c2ccc(C(=O)NC3CCSc4ccc(F)cc43)cc2)c1C. The minimum atomic E-state index is -0.296. The molecule has 1 unspecified atom stereocenters. The zero-order valence-corrected chi connectivity index (χ0v) is 19.7. The standard InChI is InChI=1S/C25H26FN3O3S/c1-15-20(9-11-24(30)32-3)16(2)29(28-15)19-7-4-17(5-8-19)25(31)27-22-12-13-33-23-10-6-18(26)14-21(22)23/h4-8,10,14,22H,9,11-13H2,1-3H3,(H,27,31). The Morgan fingerprint density at radius 3 is 2.70 bits per heavy atom. The Morgan fingerprint density at radius 1 is 1.21 bits per heavy atom. The highest BCUT2D eigenvalue weighted by Gasteiger charge is 2.23. The van der Waals surface area contributed by atoms with Gasteiger partial charge in [0.05, 0.1) is 24.5 Å². The van der Waals surface area contributed by atoms with Gasteiger partial charge in [0.25, 0.3) is 5.91 Å². The van der Waals surface area contributed by atoms with Crippen LogP contribution in [0.2, 0.25) is 0 Å². The summed E-state index contributed by atoms with van der Waals surface area (Å²) in [5.41, 5.74) is 5.02. The Bertz CT molecular complexity index is 1190. The molecule has 1 aliphatic rings. The number of fused-ring (bicyclic) bond motifs is 1. The van der Waals surface area contributed by atoms with E-state index < -0.39 is 0 Å². The fourth-order valence-corrected chi connectivity index (χ4v) is 5.23. The van der Waals surface area contributed by atoms with Crippen LogP contribution in [-0.4, -0.2) is 34.5 Å². The number of amides is 1. The Balaban J connectivity index is 1.49. The van der Waals surface area contributed by atoms with E-state index in [1.165, 1.54) is 19.2 Å². The average molecular weight is 468 g/mol. The molecule has 2 aromatic carbocycles. The van der Waals surface area contributed by atoms with Crippen molar-refractivity contribution >= 4 is 23.6 Å². The fourth-order valence-electron chi connectivity index (χ4n) is 4.13. The van der Waals surface area contributed by atoms with Gasteiger partial charge < -0.3 is 10.1 Å². The Labute approximate surface area is 196 Å². The normalized spacial score (nSPS) is 15.1. The topological polar surface area (TPSA) is 73.2 Å². The van der Waals surface area contributed by atoms with Crippen LogP contribution in [0, 0.1) is 19.7 Å². The summed E-state index contributed by atoms with van der Waals surface area (Å²) < 4.78 is 20.3. The molecule has 1 aliphatic heterocycles. The van der Waals surface area contributed by atoms with Crippen molar-refractivity contribution in [3.8, 4) is 5.69 Å². The van der Waals surface area contributed by atoms with Gasteiger partial charge in [-0.05, 0) is 80.3 Å². The number of carbonyl (C=O) groups is 2. The number of esters is 1. The second-order valence-electron chi connectivity index (χ2n) is 8.03. The summed E-state index contributed by atoms with van der Waals surface area (Å²) in [6, 6.07) is 11.8. The second kappa shape index (κ2) is 9.79. The summed E-state index contributed by atoms with van der Waals surface area (Å²) in [5.74, 6) is 0.133. The lowest BCUT2D eigenvalue weighted by molar-refractivity contribution is -0.140. The fraction of sp³-hybridized carbons (Fsp3) is 0.320. The Morgan fingerprint density at radius 2 is 1.97 bits per heavy atom. The van der Waals surface area contributed by atoms with Crippen molar-refractivity contribution in [3.63, 3.8) is 0 Å². The van der Waals surface area contributed by atoms with Crippen molar-refractivity contribution in [1.29, 1.82) is 0 Å². The van der Waals surface area contributed by atoms with E-state index in [1.54, 1.807) is 30.0 Å². The summed E-state index contributed by atoms with van der Waals surface area (Å²) in [7, 11) is 1.38. The van der Waals surface area contributed by atoms with E-state index in [4.69, 9.17) is 4.74 Å². The van der Waals surface area contributed by atoms with Crippen LogP contribution < -0.4 is 5.32 Å². The highest BCUT2D eigenvalue weighted by Crippen LogP contribution is 2.36. The van der Waals surface area contributed by atoms with Crippen LogP contribution in [-0.2, 0) is 16.0 Å². The maximum Gasteiger partial charge on any atom is 0.305 e. The Kier molecular flexibility index (Phi) is 6.83. The third kappa shape index (κ3) is 4.95. The third-order valence-corrected chi connectivity index (χ3v) is 7.06. The van der Waals surface area contributed by atoms with E-state index >= 15 is 0 Å². The van der Waals surface area contributed by atoms with Crippen molar-refractivity contribution in [1.82, 2.24) is 15.1 Å². The molecule has 0 saturated heterocycles. The molecule has 1 aromatic heterocycles. The number of nitrogens with one attached hydrogen (secondary N) is 1. The van der Waals surface area contributed by atoms with E-state index in [-0.39, 0.29) is 23.7 Å². The summed E-state index contributed by atoms with van der Waals surface area (Å²) in [6.45, 7) is 3.88. The summed E-state index contributed by atoms with van der Waals surface area (Å²) >= 11 is 1.68. The zero-order chi connectivity index (χ0) is 23.5. The van der Waals surface area contributed by atoms with Crippen LogP contribution in [0.15, 0.2) is 47.4 Å². The lowest BCUT2D eigenvalue weighted by Crippen LogP contribution is -2.30. The number of thioether (sulfide) groups is 1. The van der Waals surface area contributed by atoms with Gasteiger partial charge in [-0.2, -0.15) is 5.10 Å². The van der Waals surface area contributed by atoms with Crippen LogP contribution in [0.1, 0.15) is 51.8 Å². The smallest absolute Gasteiger partial charge is 0.305 e. The monoisotopic (exact) mass is 467 g/mol. The number of hydrogen-bond donors (Lipinski definition) is 1. The predicted octanol–water partition coefficient (Wildman–Crippen LogP) is 4.70. The first kappa shape index (κ1) is 23.0. The number of rotatable bonds is 6. The van der Waals surface area contributed by atoms with Gasteiger partial charge in [-0.3, -0.25) is 9.59 Å². The van der Waals surface area contributed by atoms with Crippen LogP contribution in [0.3, 0.4) is 0 Å². The molecule has 1 N–H and O–H groups in total. The van der Waals surface area contributed by atoms with Gasteiger partial charge in [-0.1, -0.05) is 0 Å². The summed E-state index contributed by atoms with van der Waals surface area (Å²) in [4.78, 5) is 25.4. The molecule has 3 aromatic rings. The van der Waals surface area contributed by atoms with Crippen LogP contribution in [0.5, 0.6) is 0 Å². The molecule has 6 nitrogen and oxygen atoms in total. The number of carbonyl (C=O) groups excluding carboxylic acids is 2. The molecule has 8 heteroatoms. The lowest BCUT2D eigenvalue weighted by Gasteiger charge is -2.26. The van der Waals surface area contributed by atoms with Crippen molar-refractivity contribution < 1.29 is 18.7 Å². The predicted molar refractivity (Wildman–Crippen MR) is 125 cm³/mol. The molecule has 0 radical (unpaired) electrons. The van der Waals surface area contributed by atoms with Gasteiger partial charge in [0.1, 0.15) is 5.82 Å². The molecule has 33 heavy (non-hydrogen) atoms. The van der Waals surface area contributed by atoms with Crippen molar-refractivity contribution in [2.45, 2.75) is 44.0 Å². The average Bonchev–Trinajstić information content (AvgIpc) is 3.11. The van der Waals surface area contributed by atoms with Crippen LogP contribution in [0.25, 0.3) is 5.69 Å². The number of benzene rings is 2. The number of hydrogen-bond acceptors (Lipinski definition) is 5. The number of methoxy groups -OCH3 is 1. The lowest BCUT2D eigenvalue weighted by atomic mass is 10.0. The van der Waals surface area contributed by atoms with Gasteiger partial charge in [0.2, 0.25) is 0 Å². The third-order valence-electron chi connectivity index (χ3n) is 5.94. The molecule has 1 atom stereocenters. The number of aromatic nitrogens is 2. The first-order chi connectivity index (χ1) is 15.9. The Hall–Kier alpha value is -3.13. The largest absolute Gasteiger partial charge is 0.469 e. The molecular weight excluding hydrogens is 441 g/mol. The molecule has 0 fully saturated rings. The number of nitrogens with zero attached hydrogens (tertiary/aromatic N) is 2. The van der Waals surface area contributed by atoms with Gasteiger partial charge in [0.15, 0.2) is 0 Å². The van der Waals surface area contributed by atoms with E-state index in [0.29, 0.717) is 18.4 Å². The first-order valence-corrected chi connectivity index (χ1v) is 11.8. The molecule has 0 spiro atoms. The molecule has 2 heterocycles. The quantitative estimate of drug-likeness (QED) is 0.532. The minimum absolute atomic E-state index is 0.194. The van der Waals surface area contributed by atoms with E-state index in [2.05, 4.69) is 10.4 Å². The maximum atomic E-state index is 13.7.